The van der Waals surface area contributed by atoms with E-state index in [1.807, 2.05) is 6.92 Å². The average Bonchev–Trinajstić information content (AvgIpc) is 1.65. The van der Waals surface area contributed by atoms with Crippen LogP contribution >= 0.6 is 24.0 Å². The van der Waals surface area contributed by atoms with Gasteiger partial charge >= 0.3 is 0 Å². The summed E-state index contributed by atoms with van der Waals surface area (Å²) in [6, 6.07) is 0. The quantitative estimate of drug-likeness (QED) is 0.534. The van der Waals surface area contributed by atoms with E-state index in [1.54, 1.807) is 11.8 Å². The summed E-state index contributed by atoms with van der Waals surface area (Å²) < 4.78 is 1.02. The molecule has 0 nitrogen and oxygen atoms in total. The summed E-state index contributed by atoms with van der Waals surface area (Å²) in [7, 11) is 0. The molecule has 9 heavy (non-hydrogen) atoms. The van der Waals surface area contributed by atoms with Crippen LogP contribution < -0.4 is 0 Å². The molecular formula is C6H11S2Y-. The summed E-state index contributed by atoms with van der Waals surface area (Å²) >= 11 is 6.58. The molecule has 0 rings (SSSR count). The first-order valence-corrected chi connectivity index (χ1v) is 3.90. The molecule has 0 aromatic carbocycles. The Hall–Kier alpha value is 1.54. The molecule has 0 aliphatic rings. The fourth-order valence-electron chi connectivity index (χ4n) is 0.318. The first-order chi connectivity index (χ1) is 3.66. The van der Waals surface area contributed by atoms with Gasteiger partial charge < -0.3 is 11.8 Å². The Morgan fingerprint density at radius 3 is 2.22 bits per heavy atom. The third-order valence-electron chi connectivity index (χ3n) is 0.816. The molecule has 0 aromatic rings. The molecule has 0 bridgehead atoms. The molecule has 0 saturated carbocycles. The van der Waals surface area contributed by atoms with Crippen molar-refractivity contribution in [3.63, 3.8) is 0 Å². The van der Waals surface area contributed by atoms with Crippen molar-refractivity contribution in [3.05, 3.63) is 5.25 Å². The summed E-state index contributed by atoms with van der Waals surface area (Å²) in [4.78, 5) is 0. The molecule has 0 atom stereocenters. The van der Waals surface area contributed by atoms with Gasteiger partial charge in [-0.1, -0.05) is 19.1 Å². The van der Waals surface area contributed by atoms with Crippen LogP contribution in [0.2, 0.25) is 0 Å². The van der Waals surface area contributed by atoms with Crippen LogP contribution in [0.25, 0.3) is 0 Å². The first-order valence-electron chi connectivity index (χ1n) is 2.67. The molecule has 3 heteroatoms. The third kappa shape index (κ3) is 9.54. The molecule has 0 aliphatic carbocycles. The number of hydrogen-bond acceptors (Lipinski definition) is 2. The fourth-order valence-corrected chi connectivity index (χ4v) is 1.38. The van der Waals surface area contributed by atoms with E-state index in [0.717, 1.165) is 10.6 Å². The minimum Gasteiger partial charge on any atom is -0.307 e. The topological polar surface area (TPSA) is 0 Å². The maximum atomic E-state index is 4.88. The van der Waals surface area contributed by atoms with E-state index in [9.17, 15) is 0 Å². The molecule has 0 aliphatic heterocycles. The Bertz CT molecular complexity index is 83.1. The normalized spacial score (nSPS) is 8.89. The second-order valence-electron chi connectivity index (χ2n) is 1.65. The zero-order valence-corrected chi connectivity index (χ0v) is 10.6. The van der Waals surface area contributed by atoms with E-state index in [4.69, 9.17) is 12.2 Å². The van der Waals surface area contributed by atoms with Crippen molar-refractivity contribution in [1.29, 1.82) is 0 Å². The molecule has 0 N–H and O–H groups in total. The predicted molar refractivity (Wildman–Crippen MR) is 45.1 cm³/mol. The number of hydrogen-bond donors (Lipinski definition) is 0. The van der Waals surface area contributed by atoms with Gasteiger partial charge in [0.1, 0.15) is 0 Å². The van der Waals surface area contributed by atoms with Gasteiger partial charge in [-0.15, -0.1) is 0 Å². The van der Waals surface area contributed by atoms with Gasteiger partial charge in [0.25, 0.3) is 0 Å². The second-order valence-corrected chi connectivity index (χ2v) is 4.03. The summed E-state index contributed by atoms with van der Waals surface area (Å²) in [5.41, 5.74) is 0. The number of thiocarbonyl (C=S) groups is 1. The van der Waals surface area contributed by atoms with E-state index < -0.39 is 0 Å². The minimum absolute atomic E-state index is 0. The standard InChI is InChI=1S/C6H11S2.Y/c1-4-5(2)8-6(3)7;/h4H2,1-3H3;/q-1;. The Balaban J connectivity index is 0. The Morgan fingerprint density at radius 1 is 1.67 bits per heavy atom. The van der Waals surface area contributed by atoms with Crippen LogP contribution in [0.1, 0.15) is 27.2 Å². The SMILES string of the molecule is CC[C-](C)SC(C)=S.[Y]. The van der Waals surface area contributed by atoms with Crippen molar-refractivity contribution in [2.24, 2.45) is 0 Å². The van der Waals surface area contributed by atoms with Crippen LogP contribution in [0.3, 0.4) is 0 Å². The zero-order chi connectivity index (χ0) is 6.57. The van der Waals surface area contributed by atoms with Gasteiger partial charge in [-0.2, -0.15) is 13.3 Å². The van der Waals surface area contributed by atoms with Crippen LogP contribution in [0.5, 0.6) is 0 Å². The van der Waals surface area contributed by atoms with Crippen LogP contribution in [0, 0.1) is 5.25 Å². The van der Waals surface area contributed by atoms with Gasteiger partial charge in [-0.05, 0) is 6.92 Å². The van der Waals surface area contributed by atoms with E-state index in [1.165, 1.54) is 5.25 Å². The fraction of sp³-hybridized carbons (Fsp3) is 0.667. The van der Waals surface area contributed by atoms with Crippen molar-refractivity contribution in [3.8, 4) is 0 Å². The molecular weight excluding hydrogens is 225 g/mol. The third-order valence-corrected chi connectivity index (χ3v) is 1.99. The number of thioether (sulfide) groups is 1. The predicted octanol–water partition coefficient (Wildman–Crippen LogP) is 3.03. The second kappa shape index (κ2) is 7.65. The smallest absolute Gasteiger partial charge is 0.0133 e. The summed E-state index contributed by atoms with van der Waals surface area (Å²) in [5.74, 6) is 0. The Morgan fingerprint density at radius 2 is 2.11 bits per heavy atom. The summed E-state index contributed by atoms with van der Waals surface area (Å²) in [6.07, 6.45) is 1.12. The molecule has 0 aromatic heterocycles. The van der Waals surface area contributed by atoms with Crippen LogP contribution in [-0.4, -0.2) is 4.20 Å². The van der Waals surface area contributed by atoms with E-state index in [0.29, 0.717) is 0 Å². The van der Waals surface area contributed by atoms with Crippen molar-refractivity contribution in [2.45, 2.75) is 27.2 Å². The van der Waals surface area contributed by atoms with Gasteiger partial charge in [0, 0.05) is 36.9 Å². The van der Waals surface area contributed by atoms with Crippen LogP contribution in [0.15, 0.2) is 0 Å². The van der Waals surface area contributed by atoms with Gasteiger partial charge in [-0.3, -0.25) is 5.25 Å². The monoisotopic (exact) mass is 236 g/mol. The Kier molecular flexibility index (Phi) is 11.2. The summed E-state index contributed by atoms with van der Waals surface area (Å²) in [5, 5.41) is 1.40. The Labute approximate surface area is 92.4 Å². The van der Waals surface area contributed by atoms with Crippen LogP contribution in [0.4, 0.5) is 0 Å². The molecule has 0 fully saturated rings. The van der Waals surface area contributed by atoms with Gasteiger partial charge in [0.2, 0.25) is 0 Å². The van der Waals surface area contributed by atoms with Crippen molar-refractivity contribution < 1.29 is 32.7 Å². The molecule has 51 valence electrons. The first kappa shape index (κ1) is 13.2. The van der Waals surface area contributed by atoms with Gasteiger partial charge in [0.05, 0.1) is 0 Å². The molecule has 0 spiro atoms. The average molecular weight is 236 g/mol. The van der Waals surface area contributed by atoms with Crippen molar-refractivity contribution >= 4 is 28.2 Å². The van der Waals surface area contributed by atoms with Gasteiger partial charge in [-0.25, -0.2) is 0 Å². The van der Waals surface area contributed by atoms with Gasteiger partial charge in [0.15, 0.2) is 0 Å². The molecule has 0 heterocycles. The molecule has 1 radical (unpaired) electrons. The van der Waals surface area contributed by atoms with E-state index >= 15 is 0 Å². The van der Waals surface area contributed by atoms with Crippen molar-refractivity contribution in [1.82, 2.24) is 0 Å². The molecule has 0 unspecified atom stereocenters. The van der Waals surface area contributed by atoms with E-state index in [2.05, 4.69) is 13.8 Å². The summed E-state index contributed by atoms with van der Waals surface area (Å²) in [6.45, 7) is 6.21. The van der Waals surface area contributed by atoms with Crippen molar-refractivity contribution in [2.75, 3.05) is 0 Å². The largest absolute Gasteiger partial charge is 0.307 e. The van der Waals surface area contributed by atoms with Crippen LogP contribution in [-0.2, 0) is 32.7 Å². The maximum Gasteiger partial charge on any atom is 0.0133 e. The number of rotatable bonds is 2. The maximum absolute atomic E-state index is 4.88. The minimum atomic E-state index is 0. The molecule has 0 amide bonds. The zero-order valence-electron chi connectivity index (χ0n) is 6.10. The van der Waals surface area contributed by atoms with E-state index in [-0.39, 0.29) is 32.7 Å². The molecule has 0 saturated heterocycles.